The second-order valence-electron chi connectivity index (χ2n) is 4.52. The van der Waals surface area contributed by atoms with Crippen LogP contribution in [0.2, 0.25) is 0 Å². The van der Waals surface area contributed by atoms with Gasteiger partial charge in [0.2, 0.25) is 5.91 Å². The summed E-state index contributed by atoms with van der Waals surface area (Å²) in [5.74, 6) is -0.102. The average Bonchev–Trinajstić information content (AvgIpc) is 2.86. The number of fused-ring (bicyclic) bond motifs is 1. The molecule has 0 radical (unpaired) electrons. The van der Waals surface area contributed by atoms with Crippen molar-refractivity contribution in [1.29, 1.82) is 0 Å². The summed E-state index contributed by atoms with van der Waals surface area (Å²) in [6.07, 6.45) is -0.135. The molecular formula is C12H15N5O2. The Morgan fingerprint density at radius 2 is 2.26 bits per heavy atom. The fourth-order valence-electron chi connectivity index (χ4n) is 2.17. The Bertz CT molecular complexity index is 597. The summed E-state index contributed by atoms with van der Waals surface area (Å²) in [5.41, 5.74) is 2.19. The Balaban J connectivity index is 1.74. The first-order valence-electron chi connectivity index (χ1n) is 6.20. The van der Waals surface area contributed by atoms with Crippen molar-refractivity contribution in [1.82, 2.24) is 20.7 Å². The van der Waals surface area contributed by atoms with E-state index >= 15 is 0 Å². The average molecular weight is 261 g/mol. The molecule has 2 heterocycles. The number of carbonyl (C=O) groups excluding carboxylic acids is 1. The summed E-state index contributed by atoms with van der Waals surface area (Å²) in [7, 11) is 0. The predicted octanol–water partition coefficient (Wildman–Crippen LogP) is 0.273. The van der Waals surface area contributed by atoms with Gasteiger partial charge < -0.3 is 15.4 Å². The van der Waals surface area contributed by atoms with Crippen LogP contribution in [-0.4, -0.2) is 46.6 Å². The van der Waals surface area contributed by atoms with Gasteiger partial charge in [-0.05, 0) is 25.1 Å². The molecule has 1 amide bonds. The van der Waals surface area contributed by atoms with Gasteiger partial charge in [0.15, 0.2) is 0 Å². The van der Waals surface area contributed by atoms with E-state index < -0.39 is 0 Å². The molecule has 100 valence electrons. The lowest BCUT2D eigenvalue weighted by Gasteiger charge is -2.29. The summed E-state index contributed by atoms with van der Waals surface area (Å²) >= 11 is 0. The highest BCUT2D eigenvalue weighted by Gasteiger charge is 2.28. The highest BCUT2D eigenvalue weighted by molar-refractivity contribution is 5.96. The molecular weight excluding hydrogens is 246 g/mol. The van der Waals surface area contributed by atoms with E-state index in [4.69, 9.17) is 4.74 Å². The van der Waals surface area contributed by atoms with Crippen molar-refractivity contribution in [2.75, 3.05) is 18.5 Å². The second kappa shape index (κ2) is 4.94. The standard InChI is InChI=1S/C12H15N5O2/c1-7-11(13-4-5-19-7)12(18)14-8-2-3-9-10(6-8)16-17-15-9/h2-3,6-7,11,13H,4-5H2,1H3,(H,14,18)(H,15,16,17)/t7-,11+/m1/s1. The van der Waals surface area contributed by atoms with Gasteiger partial charge in [0.05, 0.1) is 12.7 Å². The van der Waals surface area contributed by atoms with Gasteiger partial charge >= 0.3 is 0 Å². The maximum Gasteiger partial charge on any atom is 0.244 e. The van der Waals surface area contributed by atoms with E-state index in [9.17, 15) is 4.79 Å². The zero-order chi connectivity index (χ0) is 13.2. The normalized spacial score (nSPS) is 23.4. The molecule has 1 aromatic carbocycles. The minimum Gasteiger partial charge on any atom is -0.375 e. The van der Waals surface area contributed by atoms with Crippen LogP contribution in [0.25, 0.3) is 11.0 Å². The zero-order valence-electron chi connectivity index (χ0n) is 10.5. The third-order valence-electron chi connectivity index (χ3n) is 3.18. The van der Waals surface area contributed by atoms with Gasteiger partial charge in [-0.2, -0.15) is 15.4 Å². The topological polar surface area (TPSA) is 91.9 Å². The maximum absolute atomic E-state index is 12.2. The van der Waals surface area contributed by atoms with Crippen molar-refractivity contribution in [2.45, 2.75) is 19.1 Å². The monoisotopic (exact) mass is 261 g/mol. The van der Waals surface area contributed by atoms with Crippen molar-refractivity contribution in [2.24, 2.45) is 0 Å². The zero-order valence-corrected chi connectivity index (χ0v) is 10.5. The number of morpholine rings is 1. The van der Waals surface area contributed by atoms with Gasteiger partial charge in [-0.25, -0.2) is 0 Å². The maximum atomic E-state index is 12.2. The molecule has 3 N–H and O–H groups in total. The molecule has 0 unspecified atom stereocenters. The van der Waals surface area contributed by atoms with E-state index in [-0.39, 0.29) is 18.1 Å². The van der Waals surface area contributed by atoms with Crippen molar-refractivity contribution >= 4 is 22.6 Å². The van der Waals surface area contributed by atoms with Gasteiger partial charge in [0.1, 0.15) is 17.1 Å². The molecule has 2 aromatic rings. The number of nitrogens with one attached hydrogen (secondary N) is 3. The number of carbonyl (C=O) groups is 1. The van der Waals surface area contributed by atoms with E-state index in [1.54, 1.807) is 12.1 Å². The molecule has 1 fully saturated rings. The van der Waals surface area contributed by atoms with Crippen molar-refractivity contribution in [3.8, 4) is 0 Å². The lowest BCUT2D eigenvalue weighted by atomic mass is 10.1. The molecule has 1 aliphatic rings. The van der Waals surface area contributed by atoms with Crippen LogP contribution in [0.15, 0.2) is 18.2 Å². The van der Waals surface area contributed by atoms with E-state index in [0.717, 1.165) is 11.0 Å². The van der Waals surface area contributed by atoms with Crippen LogP contribution < -0.4 is 10.6 Å². The Morgan fingerprint density at radius 3 is 3.11 bits per heavy atom. The summed E-state index contributed by atoms with van der Waals surface area (Å²) in [6, 6.07) is 5.06. The fourth-order valence-corrected chi connectivity index (χ4v) is 2.17. The second-order valence-corrected chi connectivity index (χ2v) is 4.52. The number of rotatable bonds is 2. The number of ether oxygens (including phenoxy) is 1. The lowest BCUT2D eigenvalue weighted by Crippen LogP contribution is -2.53. The third-order valence-corrected chi connectivity index (χ3v) is 3.18. The number of nitrogens with zero attached hydrogens (tertiary/aromatic N) is 2. The molecule has 7 heteroatoms. The first kappa shape index (κ1) is 12.1. The molecule has 7 nitrogen and oxygen atoms in total. The molecule has 0 aliphatic carbocycles. The van der Waals surface area contributed by atoms with Crippen LogP contribution in [0, 0.1) is 0 Å². The molecule has 1 saturated heterocycles. The lowest BCUT2D eigenvalue weighted by molar-refractivity contribution is -0.123. The molecule has 0 spiro atoms. The van der Waals surface area contributed by atoms with Crippen LogP contribution in [0.1, 0.15) is 6.92 Å². The molecule has 1 aliphatic heterocycles. The van der Waals surface area contributed by atoms with Gasteiger partial charge in [-0.1, -0.05) is 0 Å². The largest absolute Gasteiger partial charge is 0.375 e. The molecule has 1 aromatic heterocycles. The van der Waals surface area contributed by atoms with E-state index in [0.29, 0.717) is 18.8 Å². The van der Waals surface area contributed by atoms with Gasteiger partial charge in [0, 0.05) is 12.2 Å². The minimum atomic E-state index is -0.332. The number of H-pyrrole nitrogens is 1. The van der Waals surface area contributed by atoms with E-state index in [2.05, 4.69) is 26.0 Å². The van der Waals surface area contributed by atoms with Crippen LogP contribution in [-0.2, 0) is 9.53 Å². The van der Waals surface area contributed by atoms with Gasteiger partial charge in [0.25, 0.3) is 0 Å². The van der Waals surface area contributed by atoms with Crippen molar-refractivity contribution in [3.63, 3.8) is 0 Å². The van der Waals surface area contributed by atoms with E-state index in [1.807, 2.05) is 13.0 Å². The fraction of sp³-hybridized carbons (Fsp3) is 0.417. The Hall–Kier alpha value is -1.99. The number of anilines is 1. The van der Waals surface area contributed by atoms with Gasteiger partial charge in [-0.3, -0.25) is 4.79 Å². The summed E-state index contributed by atoms with van der Waals surface area (Å²) < 4.78 is 5.46. The van der Waals surface area contributed by atoms with Gasteiger partial charge in [-0.15, -0.1) is 0 Å². The number of aromatic amines is 1. The number of hydrogen-bond donors (Lipinski definition) is 3. The van der Waals surface area contributed by atoms with Crippen LogP contribution in [0.4, 0.5) is 5.69 Å². The summed E-state index contributed by atoms with van der Waals surface area (Å²) in [5, 5.41) is 16.5. The van der Waals surface area contributed by atoms with Crippen molar-refractivity contribution in [3.05, 3.63) is 18.2 Å². The molecule has 0 saturated carbocycles. The molecule has 0 bridgehead atoms. The quantitative estimate of drug-likeness (QED) is 0.722. The third kappa shape index (κ3) is 2.42. The molecule has 3 rings (SSSR count). The smallest absolute Gasteiger partial charge is 0.244 e. The summed E-state index contributed by atoms with van der Waals surface area (Å²) in [4.78, 5) is 12.2. The minimum absolute atomic E-state index is 0.102. The Kier molecular flexibility index (Phi) is 3.14. The first-order chi connectivity index (χ1) is 9.24. The van der Waals surface area contributed by atoms with Crippen molar-refractivity contribution < 1.29 is 9.53 Å². The number of amides is 1. The number of benzene rings is 1. The Labute approximate surface area is 109 Å². The SMILES string of the molecule is C[C@H]1OCCN[C@@H]1C(=O)Nc1ccc2n[nH]nc2c1. The molecule has 2 atom stereocenters. The Morgan fingerprint density at radius 1 is 1.42 bits per heavy atom. The molecule has 19 heavy (non-hydrogen) atoms. The number of aromatic nitrogens is 3. The number of hydrogen-bond acceptors (Lipinski definition) is 5. The van der Waals surface area contributed by atoms with E-state index in [1.165, 1.54) is 0 Å². The van der Waals surface area contributed by atoms with Crippen LogP contribution in [0.5, 0.6) is 0 Å². The first-order valence-corrected chi connectivity index (χ1v) is 6.20. The summed E-state index contributed by atoms with van der Waals surface area (Å²) in [6.45, 7) is 3.21. The van der Waals surface area contributed by atoms with Crippen LogP contribution >= 0.6 is 0 Å². The van der Waals surface area contributed by atoms with Crippen LogP contribution in [0.3, 0.4) is 0 Å². The highest BCUT2D eigenvalue weighted by atomic mass is 16.5. The highest BCUT2D eigenvalue weighted by Crippen LogP contribution is 2.16. The predicted molar refractivity (Wildman–Crippen MR) is 69.7 cm³/mol.